The molecule has 4 aromatic rings. The summed E-state index contributed by atoms with van der Waals surface area (Å²) >= 11 is 0.986. The largest absolute Gasteiger partial charge is 0.490 e. The molecule has 0 atom stereocenters. The minimum absolute atomic E-state index is 0.0124. The van der Waals surface area contributed by atoms with Gasteiger partial charge in [0.25, 0.3) is 5.88 Å². The molecule has 31 heavy (non-hydrogen) atoms. The molecule has 12 heteroatoms. The second-order valence-corrected chi connectivity index (χ2v) is 8.62. The summed E-state index contributed by atoms with van der Waals surface area (Å²) in [5, 5.41) is 30.8. The van der Waals surface area contributed by atoms with Crippen LogP contribution >= 0.6 is 11.3 Å². The normalized spacial score (nSPS) is 11.4. The standard InChI is InChI=1S/C19H14N4O6S2/c20-31(27,28)13-8-6-12(7-9-13)29-16-15(11-4-2-1-3-5-11)22-23(17(16)24)19-21-14(10-30-19)18(25)26/h1-10,24H,(H,25,26)(H2,20,27,28). The van der Waals surface area contributed by atoms with E-state index < -0.39 is 21.9 Å². The smallest absolute Gasteiger partial charge is 0.355 e. The molecule has 2 aromatic carbocycles. The Kier molecular flexibility index (Phi) is 5.19. The lowest BCUT2D eigenvalue weighted by atomic mass is 10.1. The van der Waals surface area contributed by atoms with E-state index in [2.05, 4.69) is 10.1 Å². The molecule has 0 saturated heterocycles. The molecule has 0 unspecified atom stereocenters. The van der Waals surface area contributed by atoms with Crippen LogP contribution in [-0.2, 0) is 10.0 Å². The molecule has 4 N–H and O–H groups in total. The van der Waals surface area contributed by atoms with Gasteiger partial charge in [0.05, 0.1) is 4.90 Å². The molecule has 158 valence electrons. The van der Waals surface area contributed by atoms with Crippen molar-refractivity contribution >= 4 is 27.3 Å². The van der Waals surface area contributed by atoms with E-state index in [1.165, 1.54) is 29.6 Å². The van der Waals surface area contributed by atoms with Crippen LogP contribution in [0.25, 0.3) is 16.4 Å². The highest BCUT2D eigenvalue weighted by molar-refractivity contribution is 7.89. The summed E-state index contributed by atoms with van der Waals surface area (Å²) < 4.78 is 29.8. The Bertz CT molecular complexity index is 1360. The van der Waals surface area contributed by atoms with E-state index in [-0.39, 0.29) is 32.9 Å². The summed E-state index contributed by atoms with van der Waals surface area (Å²) in [6.45, 7) is 0. The van der Waals surface area contributed by atoms with E-state index in [0.717, 1.165) is 16.0 Å². The number of nitrogens with zero attached hydrogens (tertiary/aromatic N) is 3. The highest BCUT2D eigenvalue weighted by Crippen LogP contribution is 2.41. The van der Waals surface area contributed by atoms with Gasteiger partial charge in [-0.15, -0.1) is 11.3 Å². The van der Waals surface area contributed by atoms with Gasteiger partial charge >= 0.3 is 5.97 Å². The van der Waals surface area contributed by atoms with Crippen LogP contribution in [0.15, 0.2) is 64.9 Å². The molecule has 0 spiro atoms. The number of ether oxygens (including phenoxy) is 1. The fourth-order valence-electron chi connectivity index (χ4n) is 2.68. The van der Waals surface area contributed by atoms with Crippen LogP contribution in [-0.4, -0.2) is 39.4 Å². The highest BCUT2D eigenvalue weighted by atomic mass is 32.2. The Labute approximate surface area is 179 Å². The van der Waals surface area contributed by atoms with E-state index >= 15 is 0 Å². The number of hydrogen-bond acceptors (Lipinski definition) is 8. The van der Waals surface area contributed by atoms with Crippen molar-refractivity contribution in [3.63, 3.8) is 0 Å². The molecule has 0 aliphatic heterocycles. The maximum atomic E-state index is 11.4. The van der Waals surface area contributed by atoms with Crippen molar-refractivity contribution in [3.8, 4) is 33.8 Å². The van der Waals surface area contributed by atoms with Crippen LogP contribution in [0, 0.1) is 0 Å². The summed E-state index contributed by atoms with van der Waals surface area (Å²) in [5.41, 5.74) is 0.723. The lowest BCUT2D eigenvalue weighted by Gasteiger charge is -2.07. The van der Waals surface area contributed by atoms with Crippen molar-refractivity contribution < 1.29 is 28.2 Å². The third kappa shape index (κ3) is 4.12. The fraction of sp³-hybridized carbons (Fsp3) is 0. The molecule has 2 heterocycles. The third-order valence-electron chi connectivity index (χ3n) is 4.13. The second-order valence-electron chi connectivity index (χ2n) is 6.22. The summed E-state index contributed by atoms with van der Waals surface area (Å²) in [6, 6.07) is 14.2. The third-order valence-corrected chi connectivity index (χ3v) is 5.88. The van der Waals surface area contributed by atoms with Gasteiger partial charge < -0.3 is 14.9 Å². The number of aromatic carboxylic acids is 1. The van der Waals surface area contributed by atoms with Crippen LogP contribution in [0.1, 0.15) is 10.5 Å². The second kappa shape index (κ2) is 7.83. The number of aromatic hydroxyl groups is 1. The SMILES string of the molecule is NS(=O)(=O)c1ccc(Oc2c(-c3ccccc3)nn(-c3nc(C(=O)O)cs3)c2O)cc1. The summed E-state index contributed by atoms with van der Waals surface area (Å²) in [5.74, 6) is -1.39. The van der Waals surface area contributed by atoms with Crippen LogP contribution < -0.4 is 9.88 Å². The zero-order valence-corrected chi connectivity index (χ0v) is 17.2. The van der Waals surface area contributed by atoms with Gasteiger partial charge in [0.15, 0.2) is 5.69 Å². The van der Waals surface area contributed by atoms with Crippen molar-refractivity contribution in [1.29, 1.82) is 0 Å². The Morgan fingerprint density at radius 1 is 1.10 bits per heavy atom. The number of carbonyl (C=O) groups is 1. The molecular formula is C19H14N4O6S2. The topological polar surface area (TPSA) is 158 Å². The first-order chi connectivity index (χ1) is 14.7. The van der Waals surface area contributed by atoms with Gasteiger partial charge in [-0.05, 0) is 24.3 Å². The lowest BCUT2D eigenvalue weighted by molar-refractivity contribution is 0.0691. The van der Waals surface area contributed by atoms with Gasteiger partial charge in [-0.3, -0.25) is 0 Å². The number of nitrogens with two attached hydrogens (primary N) is 1. The van der Waals surface area contributed by atoms with Crippen molar-refractivity contribution in [2.75, 3.05) is 0 Å². The Balaban J connectivity index is 1.80. The number of primary sulfonamides is 1. The summed E-state index contributed by atoms with van der Waals surface area (Å²) in [4.78, 5) is 15.0. The number of rotatable bonds is 6. The summed E-state index contributed by atoms with van der Waals surface area (Å²) in [6.07, 6.45) is 0. The predicted octanol–water partition coefficient (Wildman–Crippen LogP) is 2.84. The molecule has 10 nitrogen and oxygen atoms in total. The molecule has 4 rings (SSSR count). The number of sulfonamides is 1. The monoisotopic (exact) mass is 458 g/mol. The average Bonchev–Trinajstić information content (AvgIpc) is 3.34. The van der Waals surface area contributed by atoms with Gasteiger partial charge in [0.1, 0.15) is 11.4 Å². The van der Waals surface area contributed by atoms with Crippen LogP contribution in [0.3, 0.4) is 0 Å². The first-order valence-electron chi connectivity index (χ1n) is 8.61. The maximum Gasteiger partial charge on any atom is 0.355 e. The zero-order valence-electron chi connectivity index (χ0n) is 15.5. The molecule has 0 aliphatic rings. The van der Waals surface area contributed by atoms with Crippen LogP contribution in [0.2, 0.25) is 0 Å². The van der Waals surface area contributed by atoms with Gasteiger partial charge in [-0.1, -0.05) is 30.3 Å². The van der Waals surface area contributed by atoms with Crippen molar-refractivity contribution in [1.82, 2.24) is 14.8 Å². The molecule has 0 amide bonds. The molecule has 0 aliphatic carbocycles. The fourth-order valence-corrected chi connectivity index (χ4v) is 3.95. The number of hydrogen-bond donors (Lipinski definition) is 3. The van der Waals surface area contributed by atoms with E-state index in [9.17, 15) is 18.3 Å². The Hall–Kier alpha value is -3.74. The highest BCUT2D eigenvalue weighted by Gasteiger charge is 2.24. The van der Waals surface area contributed by atoms with Gasteiger partial charge in [-0.25, -0.2) is 23.3 Å². The molecule has 0 radical (unpaired) electrons. The Morgan fingerprint density at radius 3 is 2.35 bits per heavy atom. The number of carboxylic acid groups (broad SMARTS) is 1. The first-order valence-corrected chi connectivity index (χ1v) is 11.0. The van der Waals surface area contributed by atoms with Crippen LogP contribution in [0.5, 0.6) is 17.4 Å². The van der Waals surface area contributed by atoms with E-state index in [0.29, 0.717) is 5.56 Å². The minimum Gasteiger partial charge on any atom is -0.490 e. The molecule has 0 fully saturated rings. The van der Waals surface area contributed by atoms with E-state index in [4.69, 9.17) is 15.0 Å². The van der Waals surface area contributed by atoms with Crippen molar-refractivity contribution in [2.24, 2.45) is 5.14 Å². The lowest BCUT2D eigenvalue weighted by Crippen LogP contribution is -2.11. The molecule has 0 saturated carbocycles. The molecule has 2 aromatic heterocycles. The summed E-state index contributed by atoms with van der Waals surface area (Å²) in [7, 11) is -3.86. The number of aromatic nitrogens is 3. The molecule has 0 bridgehead atoms. The Morgan fingerprint density at radius 2 is 1.77 bits per heavy atom. The van der Waals surface area contributed by atoms with Crippen molar-refractivity contribution in [2.45, 2.75) is 4.90 Å². The van der Waals surface area contributed by atoms with Crippen LogP contribution in [0.4, 0.5) is 0 Å². The molecular weight excluding hydrogens is 444 g/mol. The number of benzene rings is 2. The van der Waals surface area contributed by atoms with Crippen molar-refractivity contribution in [3.05, 3.63) is 65.7 Å². The predicted molar refractivity (Wildman–Crippen MR) is 111 cm³/mol. The van der Waals surface area contributed by atoms with E-state index in [1.54, 1.807) is 24.3 Å². The van der Waals surface area contributed by atoms with E-state index in [1.807, 2.05) is 6.07 Å². The zero-order chi connectivity index (χ0) is 22.2. The number of carboxylic acids is 1. The average molecular weight is 458 g/mol. The van der Waals surface area contributed by atoms with Gasteiger partial charge in [-0.2, -0.15) is 9.78 Å². The van der Waals surface area contributed by atoms with Gasteiger partial charge in [0, 0.05) is 10.9 Å². The quantitative estimate of drug-likeness (QED) is 0.398. The first kappa shape index (κ1) is 20.5. The van der Waals surface area contributed by atoms with Gasteiger partial charge in [0.2, 0.25) is 20.9 Å². The number of thiazole rings is 1. The maximum absolute atomic E-state index is 11.4. The minimum atomic E-state index is -3.86.